The monoisotopic (exact) mass is 434 g/mol. The van der Waals surface area contributed by atoms with Crippen LogP contribution >= 0.6 is 15.9 Å². The first-order valence-corrected chi connectivity index (χ1v) is 8.95. The predicted molar refractivity (Wildman–Crippen MR) is 108 cm³/mol. The summed E-state index contributed by atoms with van der Waals surface area (Å²) in [4.78, 5) is 18.4. The van der Waals surface area contributed by atoms with Gasteiger partial charge < -0.3 is 9.40 Å². The molecule has 0 fully saturated rings. The zero-order chi connectivity index (χ0) is 19.7. The quantitative estimate of drug-likeness (QED) is 0.257. The molecule has 0 bridgehead atoms. The molecule has 1 N–H and O–H groups in total. The topological polar surface area (TPSA) is 109 Å². The lowest BCUT2D eigenvalue weighted by molar-refractivity contribution is -0.384. The molecule has 0 radical (unpaired) electrons. The summed E-state index contributed by atoms with van der Waals surface area (Å²) in [5.74, 6) is 1.16. The van der Waals surface area contributed by atoms with Crippen LogP contribution in [0.4, 0.5) is 5.69 Å². The van der Waals surface area contributed by atoms with Crippen molar-refractivity contribution in [3.8, 4) is 17.4 Å². The Morgan fingerprint density at radius 3 is 2.82 bits per heavy atom. The van der Waals surface area contributed by atoms with Crippen LogP contribution in [-0.2, 0) is 0 Å². The van der Waals surface area contributed by atoms with Gasteiger partial charge in [0.15, 0.2) is 0 Å². The van der Waals surface area contributed by atoms with Gasteiger partial charge in [-0.2, -0.15) is 5.26 Å². The summed E-state index contributed by atoms with van der Waals surface area (Å²) in [7, 11) is 0. The number of fused-ring (bicyclic) bond motifs is 1. The Hall–Kier alpha value is -3.70. The van der Waals surface area contributed by atoms with Crippen LogP contribution in [0.5, 0.6) is 0 Å². The number of nitrogens with zero attached hydrogens (tertiary/aromatic N) is 3. The van der Waals surface area contributed by atoms with Crippen molar-refractivity contribution >= 4 is 44.3 Å². The summed E-state index contributed by atoms with van der Waals surface area (Å²) in [6, 6.07) is 17.6. The zero-order valence-electron chi connectivity index (χ0n) is 14.2. The summed E-state index contributed by atoms with van der Waals surface area (Å²) in [6.45, 7) is 0. The normalized spacial score (nSPS) is 11.5. The molecule has 7 nitrogen and oxygen atoms in total. The number of halogens is 1. The third kappa shape index (κ3) is 3.31. The Kier molecular flexibility index (Phi) is 4.51. The van der Waals surface area contributed by atoms with E-state index in [0.29, 0.717) is 33.0 Å². The van der Waals surface area contributed by atoms with Gasteiger partial charge in [-0.3, -0.25) is 10.1 Å². The summed E-state index contributed by atoms with van der Waals surface area (Å²) >= 11 is 3.23. The molecule has 0 aliphatic heterocycles. The molecule has 0 unspecified atom stereocenters. The molecule has 2 aromatic heterocycles. The molecule has 4 rings (SSSR count). The number of aromatic nitrogens is 2. The van der Waals surface area contributed by atoms with Crippen LogP contribution in [-0.4, -0.2) is 14.9 Å². The number of hydrogen-bond acceptors (Lipinski definition) is 5. The first-order chi connectivity index (χ1) is 13.5. The second-order valence-corrected chi connectivity index (χ2v) is 6.81. The van der Waals surface area contributed by atoms with Crippen LogP contribution in [0.2, 0.25) is 0 Å². The van der Waals surface area contributed by atoms with E-state index in [-0.39, 0.29) is 5.69 Å². The Labute approximate surface area is 167 Å². The van der Waals surface area contributed by atoms with Crippen molar-refractivity contribution in [2.24, 2.45) is 0 Å². The average molecular weight is 435 g/mol. The van der Waals surface area contributed by atoms with Crippen LogP contribution < -0.4 is 0 Å². The molecule has 0 saturated heterocycles. The van der Waals surface area contributed by atoms with Crippen LogP contribution in [0.25, 0.3) is 34.0 Å². The lowest BCUT2D eigenvalue weighted by Gasteiger charge is -2.00. The van der Waals surface area contributed by atoms with Gasteiger partial charge in [0.05, 0.1) is 27.1 Å². The third-order valence-corrected chi connectivity index (χ3v) is 4.59. The standard InChI is InChI=1S/C20H11BrN4O3/c21-13-5-7-15(18(10-13)25(26)27)19-8-6-14(28-19)9-12(11-22)20-23-16-3-1-2-4-17(16)24-20/h1-10H,(H,23,24). The van der Waals surface area contributed by atoms with Crippen LogP contribution in [0.3, 0.4) is 0 Å². The molecular formula is C20H11BrN4O3. The number of nitrogens with one attached hydrogen (secondary N) is 1. The summed E-state index contributed by atoms with van der Waals surface area (Å²) in [5.41, 5.74) is 2.16. The molecule has 0 atom stereocenters. The number of H-pyrrole nitrogens is 1. The van der Waals surface area contributed by atoms with Gasteiger partial charge in [0, 0.05) is 16.6 Å². The van der Waals surface area contributed by atoms with E-state index in [1.807, 2.05) is 24.3 Å². The number of benzene rings is 2. The predicted octanol–water partition coefficient (Wildman–Crippen LogP) is 5.56. The first-order valence-electron chi connectivity index (χ1n) is 8.16. The van der Waals surface area contributed by atoms with E-state index in [1.54, 1.807) is 30.3 Å². The number of nitro benzene ring substituents is 1. The van der Waals surface area contributed by atoms with Crippen molar-refractivity contribution in [1.29, 1.82) is 5.26 Å². The summed E-state index contributed by atoms with van der Waals surface area (Å²) < 4.78 is 6.34. The number of allylic oxidation sites excluding steroid dienone is 1. The largest absolute Gasteiger partial charge is 0.456 e. The molecule has 0 saturated carbocycles. The van der Waals surface area contributed by atoms with Gasteiger partial charge in [0.25, 0.3) is 5.69 Å². The Balaban J connectivity index is 1.73. The van der Waals surface area contributed by atoms with Gasteiger partial charge >= 0.3 is 0 Å². The van der Waals surface area contributed by atoms with Crippen LogP contribution in [0, 0.1) is 21.4 Å². The number of nitro groups is 1. The number of furan rings is 1. The number of nitriles is 1. The molecule has 0 amide bonds. The molecule has 28 heavy (non-hydrogen) atoms. The van der Waals surface area contributed by atoms with E-state index in [1.165, 1.54) is 6.07 Å². The van der Waals surface area contributed by atoms with Gasteiger partial charge in [-0.05, 0) is 36.4 Å². The summed E-state index contributed by atoms with van der Waals surface area (Å²) in [5, 5.41) is 20.8. The fourth-order valence-electron chi connectivity index (χ4n) is 2.82. The minimum absolute atomic E-state index is 0.0722. The van der Waals surface area contributed by atoms with Gasteiger partial charge in [0.2, 0.25) is 0 Å². The molecule has 2 aromatic carbocycles. The Bertz CT molecular complexity index is 1250. The zero-order valence-corrected chi connectivity index (χ0v) is 15.8. The van der Waals surface area contributed by atoms with E-state index in [4.69, 9.17) is 4.42 Å². The van der Waals surface area contributed by atoms with Crippen molar-refractivity contribution in [2.75, 3.05) is 0 Å². The maximum absolute atomic E-state index is 11.3. The van der Waals surface area contributed by atoms with E-state index >= 15 is 0 Å². The Morgan fingerprint density at radius 2 is 2.07 bits per heavy atom. The van der Waals surface area contributed by atoms with E-state index in [0.717, 1.165) is 11.0 Å². The highest BCUT2D eigenvalue weighted by Gasteiger charge is 2.18. The second-order valence-electron chi connectivity index (χ2n) is 5.89. The molecule has 0 spiro atoms. The molecule has 136 valence electrons. The maximum atomic E-state index is 11.3. The van der Waals surface area contributed by atoms with Gasteiger partial charge in [-0.15, -0.1) is 0 Å². The SMILES string of the molecule is N#CC(=Cc1ccc(-c2ccc(Br)cc2[N+](=O)[O-])o1)c1nc2ccccc2[nH]1. The fourth-order valence-corrected chi connectivity index (χ4v) is 3.16. The smallest absolute Gasteiger partial charge is 0.281 e. The lowest BCUT2D eigenvalue weighted by Crippen LogP contribution is -1.91. The summed E-state index contributed by atoms with van der Waals surface area (Å²) in [6.07, 6.45) is 1.55. The highest BCUT2D eigenvalue weighted by atomic mass is 79.9. The van der Waals surface area contributed by atoms with Gasteiger partial charge in [0.1, 0.15) is 23.4 Å². The second kappa shape index (κ2) is 7.13. The van der Waals surface area contributed by atoms with Gasteiger partial charge in [-0.1, -0.05) is 28.1 Å². The van der Waals surface area contributed by atoms with Crippen molar-refractivity contribution in [1.82, 2.24) is 9.97 Å². The minimum Gasteiger partial charge on any atom is -0.456 e. The van der Waals surface area contributed by atoms with E-state index < -0.39 is 4.92 Å². The minimum atomic E-state index is -0.465. The molecule has 0 aliphatic carbocycles. The number of rotatable bonds is 4. The third-order valence-electron chi connectivity index (χ3n) is 4.10. The van der Waals surface area contributed by atoms with Crippen molar-refractivity contribution in [3.05, 3.63) is 80.8 Å². The number of aromatic amines is 1. The van der Waals surface area contributed by atoms with Crippen molar-refractivity contribution < 1.29 is 9.34 Å². The molecule has 8 heteroatoms. The highest BCUT2D eigenvalue weighted by Crippen LogP contribution is 2.34. The van der Waals surface area contributed by atoms with Crippen molar-refractivity contribution in [2.45, 2.75) is 0 Å². The Morgan fingerprint density at radius 1 is 1.25 bits per heavy atom. The number of para-hydroxylation sites is 2. The molecular weight excluding hydrogens is 424 g/mol. The first kappa shape index (κ1) is 17.7. The van der Waals surface area contributed by atoms with Crippen molar-refractivity contribution in [3.63, 3.8) is 0 Å². The number of hydrogen-bond donors (Lipinski definition) is 1. The molecule has 2 heterocycles. The fraction of sp³-hybridized carbons (Fsp3) is 0. The van der Waals surface area contributed by atoms with Crippen LogP contribution in [0.1, 0.15) is 11.6 Å². The lowest BCUT2D eigenvalue weighted by atomic mass is 10.1. The maximum Gasteiger partial charge on any atom is 0.281 e. The number of imidazole rings is 1. The van der Waals surface area contributed by atoms with Gasteiger partial charge in [-0.25, -0.2) is 4.98 Å². The average Bonchev–Trinajstić information content (AvgIpc) is 3.32. The van der Waals surface area contributed by atoms with Crippen LogP contribution in [0.15, 0.2) is 63.5 Å². The molecule has 4 aromatic rings. The van der Waals surface area contributed by atoms with E-state index in [9.17, 15) is 15.4 Å². The van der Waals surface area contributed by atoms with E-state index in [2.05, 4.69) is 32.0 Å². The highest BCUT2D eigenvalue weighted by molar-refractivity contribution is 9.10. The molecule has 0 aliphatic rings.